The number of hydrogen-bond acceptors (Lipinski definition) is 4. The number of carbonyl (C=O) groups is 1. The molecule has 0 aromatic heterocycles. The molecule has 1 aromatic rings. The number of esters is 1. The Morgan fingerprint density at radius 3 is 2.73 bits per heavy atom. The number of ether oxygens (including phenoxy) is 1. The molecule has 0 bridgehead atoms. The third kappa shape index (κ3) is 3.34. The molecule has 0 saturated heterocycles. The lowest BCUT2D eigenvalue weighted by Crippen LogP contribution is -2.33. The Morgan fingerprint density at radius 2 is 2.20 bits per heavy atom. The summed E-state index contributed by atoms with van der Waals surface area (Å²) in [5, 5.41) is 17.9. The molecule has 0 aliphatic carbocycles. The Labute approximate surface area is 86.4 Å². The first-order valence-corrected chi connectivity index (χ1v) is 4.28. The molecular weight excluding hydrogens is 202 g/mol. The summed E-state index contributed by atoms with van der Waals surface area (Å²) in [7, 11) is -1.71. The molecule has 1 rings (SSSR count). The average Bonchev–Trinajstić information content (AvgIpc) is 2.14. The smallest absolute Gasteiger partial charge is 0.461 e. The molecule has 80 valence electrons. The van der Waals surface area contributed by atoms with Crippen molar-refractivity contribution >= 4 is 18.6 Å². The predicted octanol–water partition coefficient (Wildman–Crippen LogP) is -0.431. The number of hydrogen-bond donors (Lipinski definition) is 2. The molecule has 0 atom stereocenters. The van der Waals surface area contributed by atoms with E-state index in [1.807, 2.05) is 0 Å². The van der Waals surface area contributed by atoms with Crippen molar-refractivity contribution in [3.63, 3.8) is 0 Å². The molecule has 1 aromatic carbocycles. The van der Waals surface area contributed by atoms with Gasteiger partial charge in [0.05, 0.1) is 0 Å². The van der Waals surface area contributed by atoms with Crippen LogP contribution in [0.1, 0.15) is 12.5 Å². The van der Waals surface area contributed by atoms with E-state index in [-0.39, 0.29) is 17.6 Å². The normalized spacial score (nSPS) is 9.87. The lowest BCUT2D eigenvalue weighted by atomic mass is 9.77. The van der Waals surface area contributed by atoms with Gasteiger partial charge in [0.2, 0.25) is 0 Å². The van der Waals surface area contributed by atoms with Crippen LogP contribution in [-0.4, -0.2) is 23.1 Å². The SMILES string of the molecule is CC(=O)OCc1cc(F)ccc1B(O)O. The second kappa shape index (κ2) is 4.90. The van der Waals surface area contributed by atoms with E-state index >= 15 is 0 Å². The van der Waals surface area contributed by atoms with Crippen molar-refractivity contribution in [2.75, 3.05) is 0 Å². The molecule has 0 unspecified atom stereocenters. The van der Waals surface area contributed by atoms with Crippen molar-refractivity contribution in [3.05, 3.63) is 29.6 Å². The zero-order chi connectivity index (χ0) is 11.4. The van der Waals surface area contributed by atoms with Crippen molar-refractivity contribution in [2.45, 2.75) is 13.5 Å². The standard InChI is InChI=1S/C9H10BFO4/c1-6(12)15-5-7-4-8(11)2-3-9(7)10(13)14/h2-4,13-14H,5H2,1H3. The highest BCUT2D eigenvalue weighted by Crippen LogP contribution is 2.04. The largest absolute Gasteiger partial charge is 0.488 e. The van der Waals surface area contributed by atoms with Crippen LogP contribution >= 0.6 is 0 Å². The topological polar surface area (TPSA) is 66.8 Å². The second-order valence-corrected chi connectivity index (χ2v) is 3.00. The predicted molar refractivity (Wildman–Crippen MR) is 51.7 cm³/mol. The minimum absolute atomic E-state index is 0.123. The summed E-state index contributed by atoms with van der Waals surface area (Å²) in [6.07, 6.45) is 0. The monoisotopic (exact) mass is 212 g/mol. The third-order valence-corrected chi connectivity index (χ3v) is 1.81. The zero-order valence-electron chi connectivity index (χ0n) is 8.11. The molecule has 0 spiro atoms. The van der Waals surface area contributed by atoms with Gasteiger partial charge in [-0.05, 0) is 23.2 Å². The van der Waals surface area contributed by atoms with Crippen LogP contribution < -0.4 is 5.46 Å². The maximum atomic E-state index is 12.8. The lowest BCUT2D eigenvalue weighted by molar-refractivity contribution is -0.142. The van der Waals surface area contributed by atoms with Gasteiger partial charge < -0.3 is 14.8 Å². The van der Waals surface area contributed by atoms with E-state index < -0.39 is 18.9 Å². The highest BCUT2D eigenvalue weighted by molar-refractivity contribution is 6.59. The molecule has 0 aliphatic heterocycles. The molecule has 15 heavy (non-hydrogen) atoms. The van der Waals surface area contributed by atoms with E-state index in [1.165, 1.54) is 13.0 Å². The number of halogens is 1. The zero-order valence-corrected chi connectivity index (χ0v) is 8.11. The van der Waals surface area contributed by atoms with Crippen molar-refractivity contribution in [3.8, 4) is 0 Å². The Balaban J connectivity index is 2.91. The fourth-order valence-corrected chi connectivity index (χ4v) is 1.13. The van der Waals surface area contributed by atoms with Crippen LogP contribution in [0.5, 0.6) is 0 Å². The van der Waals surface area contributed by atoms with Crippen molar-refractivity contribution in [2.24, 2.45) is 0 Å². The molecule has 0 aliphatic rings. The van der Waals surface area contributed by atoms with Gasteiger partial charge in [0, 0.05) is 6.92 Å². The van der Waals surface area contributed by atoms with Crippen molar-refractivity contribution in [1.29, 1.82) is 0 Å². The first kappa shape index (κ1) is 11.7. The maximum absolute atomic E-state index is 12.8. The molecule has 0 fully saturated rings. The number of carbonyl (C=O) groups excluding carboxylic acids is 1. The van der Waals surface area contributed by atoms with Crippen LogP contribution in [0.25, 0.3) is 0 Å². The van der Waals surface area contributed by atoms with E-state index in [2.05, 4.69) is 4.74 Å². The van der Waals surface area contributed by atoms with Gasteiger partial charge in [-0.1, -0.05) is 6.07 Å². The molecule has 2 N–H and O–H groups in total. The van der Waals surface area contributed by atoms with Gasteiger partial charge in [-0.15, -0.1) is 0 Å². The highest BCUT2D eigenvalue weighted by atomic mass is 19.1. The van der Waals surface area contributed by atoms with Gasteiger partial charge in [0.1, 0.15) is 12.4 Å². The molecule has 0 radical (unpaired) electrons. The van der Waals surface area contributed by atoms with Crippen LogP contribution in [0.2, 0.25) is 0 Å². The molecule has 0 heterocycles. The van der Waals surface area contributed by atoms with E-state index in [1.54, 1.807) is 0 Å². The van der Waals surface area contributed by atoms with Gasteiger partial charge in [0.25, 0.3) is 0 Å². The molecular formula is C9H10BFO4. The summed E-state index contributed by atoms with van der Waals surface area (Å²) in [6.45, 7) is 1.04. The fraction of sp³-hybridized carbons (Fsp3) is 0.222. The van der Waals surface area contributed by atoms with Crippen LogP contribution in [0.15, 0.2) is 18.2 Å². The molecule has 6 heteroatoms. The van der Waals surface area contributed by atoms with E-state index in [4.69, 9.17) is 10.0 Å². The van der Waals surface area contributed by atoms with Crippen LogP contribution in [0.4, 0.5) is 4.39 Å². The Kier molecular flexibility index (Phi) is 3.82. The Hall–Kier alpha value is -1.40. The summed E-state index contributed by atoms with van der Waals surface area (Å²) >= 11 is 0. The molecule has 0 saturated carbocycles. The number of rotatable bonds is 3. The Bertz CT molecular complexity index is 367. The average molecular weight is 212 g/mol. The third-order valence-electron chi connectivity index (χ3n) is 1.81. The van der Waals surface area contributed by atoms with E-state index in [0.717, 1.165) is 12.1 Å². The first-order valence-electron chi connectivity index (χ1n) is 4.28. The minimum atomic E-state index is -1.71. The van der Waals surface area contributed by atoms with Crippen molar-refractivity contribution in [1.82, 2.24) is 0 Å². The summed E-state index contributed by atoms with van der Waals surface area (Å²) in [4.78, 5) is 10.5. The van der Waals surface area contributed by atoms with E-state index in [0.29, 0.717) is 0 Å². The van der Waals surface area contributed by atoms with Crippen LogP contribution in [-0.2, 0) is 16.1 Å². The highest BCUT2D eigenvalue weighted by Gasteiger charge is 2.16. The van der Waals surface area contributed by atoms with Crippen LogP contribution in [0, 0.1) is 5.82 Å². The minimum Gasteiger partial charge on any atom is -0.461 e. The van der Waals surface area contributed by atoms with Gasteiger partial charge in [-0.2, -0.15) is 0 Å². The van der Waals surface area contributed by atoms with Crippen molar-refractivity contribution < 1.29 is 24.0 Å². The van der Waals surface area contributed by atoms with Gasteiger partial charge >= 0.3 is 13.1 Å². The number of benzene rings is 1. The van der Waals surface area contributed by atoms with E-state index in [9.17, 15) is 9.18 Å². The molecule has 0 amide bonds. The van der Waals surface area contributed by atoms with Gasteiger partial charge in [0.15, 0.2) is 0 Å². The first-order chi connectivity index (χ1) is 7.00. The van der Waals surface area contributed by atoms with Crippen LogP contribution in [0.3, 0.4) is 0 Å². The maximum Gasteiger partial charge on any atom is 0.488 e. The lowest BCUT2D eigenvalue weighted by Gasteiger charge is -2.08. The van der Waals surface area contributed by atoms with Gasteiger partial charge in [-0.25, -0.2) is 4.39 Å². The summed E-state index contributed by atoms with van der Waals surface area (Å²) in [5.74, 6) is -1.04. The summed E-state index contributed by atoms with van der Waals surface area (Å²) in [5.41, 5.74) is 0.359. The Morgan fingerprint density at radius 1 is 1.53 bits per heavy atom. The second-order valence-electron chi connectivity index (χ2n) is 3.00. The van der Waals surface area contributed by atoms with Gasteiger partial charge in [-0.3, -0.25) is 4.79 Å². The summed E-state index contributed by atoms with van der Waals surface area (Å²) < 4.78 is 17.5. The fourth-order valence-electron chi connectivity index (χ4n) is 1.13. The molecule has 4 nitrogen and oxygen atoms in total. The summed E-state index contributed by atoms with van der Waals surface area (Å²) in [6, 6.07) is 3.43. The quantitative estimate of drug-likeness (QED) is 0.526.